The second-order valence-electron chi connectivity index (χ2n) is 5.21. The molecule has 0 heterocycles. The molecule has 0 spiro atoms. The minimum absolute atomic E-state index is 0.161. The van der Waals surface area contributed by atoms with Crippen LogP contribution in [0.4, 0.5) is 0 Å². The molecule has 0 aliphatic carbocycles. The Bertz CT molecular complexity index is 889. The first-order valence-electron chi connectivity index (χ1n) is 6.93. The molecule has 0 aromatic heterocycles. The molecule has 0 saturated carbocycles. The molecule has 0 radical (unpaired) electrons. The minimum Gasteiger partial charge on any atom is -0.478 e. The van der Waals surface area contributed by atoms with E-state index in [1.807, 2.05) is 11.8 Å². The van der Waals surface area contributed by atoms with Crippen LogP contribution in [-0.2, 0) is 10.0 Å². The van der Waals surface area contributed by atoms with E-state index in [2.05, 4.69) is 5.43 Å². The van der Waals surface area contributed by atoms with Gasteiger partial charge in [-0.1, -0.05) is 23.8 Å². The fourth-order valence-electron chi connectivity index (χ4n) is 1.97. The Morgan fingerprint density at radius 2 is 1.54 bits per heavy atom. The molecule has 24 heavy (non-hydrogen) atoms. The second-order valence-corrected chi connectivity index (χ2v) is 6.86. The van der Waals surface area contributed by atoms with Crippen molar-refractivity contribution in [3.8, 4) is 0 Å². The predicted molar refractivity (Wildman–Crippen MR) is 87.1 cm³/mol. The molecule has 0 aliphatic heterocycles. The average Bonchev–Trinajstić information content (AvgIpc) is 2.53. The van der Waals surface area contributed by atoms with Crippen molar-refractivity contribution in [2.24, 2.45) is 0 Å². The minimum atomic E-state index is -4.10. The van der Waals surface area contributed by atoms with Gasteiger partial charge in [0, 0.05) is 5.56 Å². The van der Waals surface area contributed by atoms with E-state index in [0.717, 1.165) is 11.6 Å². The number of rotatable bonds is 5. The zero-order valence-electron chi connectivity index (χ0n) is 13.0. The molecular formula is C16H16N2O5S. The average molecular weight is 348 g/mol. The Morgan fingerprint density at radius 1 is 0.958 bits per heavy atom. The third kappa shape index (κ3) is 3.98. The summed E-state index contributed by atoms with van der Waals surface area (Å²) in [6.45, 7) is 3.39. The van der Waals surface area contributed by atoms with Crippen molar-refractivity contribution >= 4 is 21.9 Å². The van der Waals surface area contributed by atoms with E-state index in [0.29, 0.717) is 11.1 Å². The Balaban J connectivity index is 2.19. The van der Waals surface area contributed by atoms with Gasteiger partial charge >= 0.3 is 5.97 Å². The fraction of sp³-hybridized carbons (Fsp3) is 0.125. The van der Waals surface area contributed by atoms with Crippen LogP contribution in [0, 0.1) is 13.8 Å². The van der Waals surface area contributed by atoms with Crippen LogP contribution in [-0.4, -0.2) is 25.4 Å². The van der Waals surface area contributed by atoms with Gasteiger partial charge in [0.05, 0.1) is 10.5 Å². The van der Waals surface area contributed by atoms with Gasteiger partial charge in [0.1, 0.15) is 0 Å². The van der Waals surface area contributed by atoms with Crippen molar-refractivity contribution in [1.29, 1.82) is 0 Å². The monoisotopic (exact) mass is 348 g/mol. The van der Waals surface area contributed by atoms with Crippen molar-refractivity contribution in [2.45, 2.75) is 18.7 Å². The molecular weight excluding hydrogens is 332 g/mol. The highest BCUT2D eigenvalue weighted by Crippen LogP contribution is 2.16. The maximum absolute atomic E-state index is 12.3. The van der Waals surface area contributed by atoms with Crippen molar-refractivity contribution in [1.82, 2.24) is 10.3 Å². The fourth-order valence-corrected chi connectivity index (χ4v) is 3.08. The summed E-state index contributed by atoms with van der Waals surface area (Å²) in [5.41, 5.74) is 3.56. The molecule has 3 N–H and O–H groups in total. The van der Waals surface area contributed by atoms with Gasteiger partial charge in [-0.2, -0.15) is 0 Å². The smallest absolute Gasteiger partial charge is 0.335 e. The van der Waals surface area contributed by atoms with Gasteiger partial charge in [0.25, 0.3) is 15.9 Å². The molecule has 1 amide bonds. The van der Waals surface area contributed by atoms with Gasteiger partial charge < -0.3 is 5.11 Å². The lowest BCUT2D eigenvalue weighted by Gasteiger charge is -2.11. The van der Waals surface area contributed by atoms with Gasteiger partial charge in [-0.05, 0) is 43.7 Å². The number of benzene rings is 2. The van der Waals surface area contributed by atoms with Crippen LogP contribution in [0.2, 0.25) is 0 Å². The number of aryl methyl sites for hydroxylation is 2. The van der Waals surface area contributed by atoms with Crippen LogP contribution in [0.5, 0.6) is 0 Å². The molecule has 8 heteroatoms. The summed E-state index contributed by atoms with van der Waals surface area (Å²) in [5.74, 6) is -1.86. The van der Waals surface area contributed by atoms with Crippen LogP contribution in [0.15, 0.2) is 47.4 Å². The molecule has 2 aromatic carbocycles. The van der Waals surface area contributed by atoms with E-state index in [4.69, 9.17) is 5.11 Å². The predicted octanol–water partition coefficient (Wildman–Crippen LogP) is 1.62. The molecule has 2 rings (SSSR count). The van der Waals surface area contributed by atoms with E-state index in [1.54, 1.807) is 24.3 Å². The Labute approximate surface area is 139 Å². The Hall–Kier alpha value is -2.71. The van der Waals surface area contributed by atoms with Gasteiger partial charge in [-0.3, -0.25) is 10.2 Å². The molecule has 0 aliphatic rings. The largest absolute Gasteiger partial charge is 0.478 e. The van der Waals surface area contributed by atoms with Crippen LogP contribution < -0.4 is 10.3 Å². The first-order chi connectivity index (χ1) is 11.2. The summed E-state index contributed by atoms with van der Waals surface area (Å²) in [4.78, 5) is 24.7. The Kier molecular flexibility index (Phi) is 5.01. The number of aromatic carboxylic acids is 1. The highest BCUT2D eigenvalue weighted by molar-refractivity contribution is 7.89. The Morgan fingerprint density at radius 3 is 2.12 bits per heavy atom. The summed E-state index contributed by atoms with van der Waals surface area (Å²) in [6.07, 6.45) is 0. The number of hydrogen-bond donors (Lipinski definition) is 3. The number of hydrazine groups is 1. The van der Waals surface area contributed by atoms with E-state index in [1.165, 1.54) is 19.1 Å². The first kappa shape index (κ1) is 17.6. The maximum atomic E-state index is 12.3. The number of hydrogen-bond acceptors (Lipinski definition) is 4. The lowest BCUT2D eigenvalue weighted by Crippen LogP contribution is -2.41. The highest BCUT2D eigenvalue weighted by atomic mass is 32.2. The molecule has 2 aromatic rings. The summed E-state index contributed by atoms with van der Waals surface area (Å²) < 4.78 is 24.6. The summed E-state index contributed by atoms with van der Waals surface area (Å²) in [5, 5.41) is 8.97. The normalized spacial score (nSPS) is 11.1. The van der Waals surface area contributed by atoms with Crippen LogP contribution in [0.3, 0.4) is 0 Å². The van der Waals surface area contributed by atoms with Crippen molar-refractivity contribution in [3.63, 3.8) is 0 Å². The second kappa shape index (κ2) is 6.81. The standard InChI is InChI=1S/C16H16N2O5S/c1-10-3-6-12(7-4-10)15(19)17-18-24(22,23)14-9-13(16(20)21)8-5-11(14)2/h3-9,18H,1-2H3,(H,17,19)(H,20,21). The first-order valence-corrected chi connectivity index (χ1v) is 8.42. The van der Waals surface area contributed by atoms with Crippen LogP contribution in [0.25, 0.3) is 0 Å². The number of carboxylic acids is 1. The molecule has 0 bridgehead atoms. The van der Waals surface area contributed by atoms with Crippen molar-refractivity contribution in [3.05, 3.63) is 64.7 Å². The molecule has 0 saturated heterocycles. The molecule has 0 unspecified atom stereocenters. The lowest BCUT2D eigenvalue weighted by atomic mass is 10.1. The summed E-state index contributed by atoms with van der Waals surface area (Å²) in [7, 11) is -4.10. The number of carbonyl (C=O) groups excluding carboxylic acids is 1. The summed E-state index contributed by atoms with van der Waals surface area (Å²) >= 11 is 0. The number of carbonyl (C=O) groups is 2. The van der Waals surface area contributed by atoms with Gasteiger partial charge in [-0.25, -0.2) is 13.2 Å². The number of nitrogens with one attached hydrogen (secondary N) is 2. The van der Waals surface area contributed by atoms with Gasteiger partial charge in [0.15, 0.2) is 0 Å². The highest BCUT2D eigenvalue weighted by Gasteiger charge is 2.20. The van der Waals surface area contributed by atoms with E-state index < -0.39 is 21.9 Å². The number of carboxylic acid groups (broad SMARTS) is 1. The number of amides is 1. The molecule has 7 nitrogen and oxygen atoms in total. The zero-order valence-corrected chi connectivity index (χ0v) is 13.8. The SMILES string of the molecule is Cc1ccc(C(=O)NNS(=O)(=O)c2cc(C(=O)O)ccc2C)cc1. The summed E-state index contributed by atoms with van der Waals surface area (Å²) in [6, 6.07) is 10.3. The topological polar surface area (TPSA) is 113 Å². The third-order valence-electron chi connectivity index (χ3n) is 3.34. The van der Waals surface area contributed by atoms with Crippen molar-refractivity contribution < 1.29 is 23.1 Å². The molecule has 0 fully saturated rings. The van der Waals surface area contributed by atoms with E-state index in [9.17, 15) is 18.0 Å². The van der Waals surface area contributed by atoms with Crippen LogP contribution in [0.1, 0.15) is 31.8 Å². The van der Waals surface area contributed by atoms with E-state index in [-0.39, 0.29) is 10.5 Å². The van der Waals surface area contributed by atoms with Crippen molar-refractivity contribution in [2.75, 3.05) is 0 Å². The number of sulfonamides is 1. The van der Waals surface area contributed by atoms with Gasteiger partial charge in [0.2, 0.25) is 0 Å². The lowest BCUT2D eigenvalue weighted by molar-refractivity contribution is 0.0696. The zero-order chi connectivity index (χ0) is 17.9. The van der Waals surface area contributed by atoms with E-state index >= 15 is 0 Å². The molecule has 126 valence electrons. The quantitative estimate of drug-likeness (QED) is 0.711. The maximum Gasteiger partial charge on any atom is 0.335 e. The van der Waals surface area contributed by atoms with Gasteiger partial charge in [-0.15, -0.1) is 4.83 Å². The third-order valence-corrected chi connectivity index (χ3v) is 4.73. The molecule has 0 atom stereocenters. The van der Waals surface area contributed by atoms with Crippen LogP contribution >= 0.6 is 0 Å².